The monoisotopic (exact) mass is 617 g/mol. The fourth-order valence-corrected chi connectivity index (χ4v) is 5.69. The predicted molar refractivity (Wildman–Crippen MR) is 151 cm³/mol. The molecule has 0 saturated heterocycles. The van der Waals surface area contributed by atoms with Crippen LogP contribution in [0.5, 0.6) is 0 Å². The van der Waals surface area contributed by atoms with E-state index in [1.165, 1.54) is 19.1 Å². The van der Waals surface area contributed by atoms with Gasteiger partial charge >= 0.3 is 0 Å². The van der Waals surface area contributed by atoms with Crippen molar-refractivity contribution in [2.45, 2.75) is 17.2 Å². The van der Waals surface area contributed by atoms with Crippen molar-refractivity contribution in [3.8, 4) is 0 Å². The van der Waals surface area contributed by atoms with Crippen LogP contribution >= 0.6 is 69.6 Å². The van der Waals surface area contributed by atoms with E-state index in [0.717, 1.165) is 0 Å². The molecular weight excluding hydrogens is 603 g/mol. The summed E-state index contributed by atoms with van der Waals surface area (Å²) in [6.07, 6.45) is 0. The maximum atomic E-state index is 13.1. The molecule has 3 N–H and O–H groups in total. The molecule has 192 valence electrons. The first-order valence-electron chi connectivity index (χ1n) is 10.7. The zero-order valence-electron chi connectivity index (χ0n) is 18.8. The maximum absolute atomic E-state index is 13.1. The molecule has 0 aromatic heterocycles. The van der Waals surface area contributed by atoms with Crippen LogP contribution in [-0.2, 0) is 9.59 Å². The number of nitrogens with one attached hydrogen (secondary N) is 3. The van der Waals surface area contributed by atoms with Crippen LogP contribution in [0, 0.1) is 5.92 Å². The van der Waals surface area contributed by atoms with Gasteiger partial charge in [-0.15, -0.1) is 23.2 Å². The fourth-order valence-electron chi connectivity index (χ4n) is 3.91. The van der Waals surface area contributed by atoms with Crippen LogP contribution in [0.3, 0.4) is 0 Å². The highest BCUT2D eigenvalue weighted by Crippen LogP contribution is 2.65. The van der Waals surface area contributed by atoms with Crippen LogP contribution in [0.4, 0.5) is 17.1 Å². The van der Waals surface area contributed by atoms with Gasteiger partial charge in [0.15, 0.2) is 0 Å². The Labute approximate surface area is 242 Å². The van der Waals surface area contributed by atoms with Crippen molar-refractivity contribution >= 4 is 104 Å². The Kier molecular flexibility index (Phi) is 8.19. The molecule has 6 nitrogen and oxygen atoms in total. The topological polar surface area (TPSA) is 87.3 Å². The summed E-state index contributed by atoms with van der Waals surface area (Å²) in [7, 11) is 0. The van der Waals surface area contributed by atoms with Crippen molar-refractivity contribution < 1.29 is 14.4 Å². The van der Waals surface area contributed by atoms with Crippen LogP contribution in [0.2, 0.25) is 20.1 Å². The molecular formula is C25H17Cl6N3O3. The van der Waals surface area contributed by atoms with Gasteiger partial charge in [0.2, 0.25) is 11.8 Å². The normalized spacial score (nSPS) is 17.6. The molecule has 1 saturated carbocycles. The number of hydrogen-bond acceptors (Lipinski definition) is 3. The Morgan fingerprint density at radius 2 is 1.32 bits per heavy atom. The SMILES string of the molecule is CC(=O)Nc1ccc(NC(=O)c2cc(NC(=O)[C@@H]3[C@@H](c4cc(Cl)cc(Cl)c4)C3(Cl)Cl)cc(Cl)c2Cl)cc1. The number of carbonyl (C=O) groups excluding carboxylic acids is 3. The Morgan fingerprint density at radius 1 is 0.757 bits per heavy atom. The number of halogens is 6. The lowest BCUT2D eigenvalue weighted by atomic mass is 10.1. The average molecular weight is 620 g/mol. The summed E-state index contributed by atoms with van der Waals surface area (Å²) in [6, 6.07) is 14.2. The van der Waals surface area contributed by atoms with E-state index in [4.69, 9.17) is 69.6 Å². The lowest BCUT2D eigenvalue weighted by molar-refractivity contribution is -0.117. The summed E-state index contributed by atoms with van der Waals surface area (Å²) in [4.78, 5) is 37.2. The highest BCUT2D eigenvalue weighted by molar-refractivity contribution is 6.53. The van der Waals surface area contributed by atoms with E-state index in [1.807, 2.05) is 0 Å². The molecule has 0 radical (unpaired) electrons. The van der Waals surface area contributed by atoms with Crippen LogP contribution < -0.4 is 16.0 Å². The standard InChI is InChI=1S/C25H17Cl6N3O3/c1-11(35)32-15-2-4-16(5-3-15)33-23(36)18-9-17(10-19(28)22(18)29)34-24(37)21-20(25(21,30)31)12-6-13(26)8-14(27)7-12/h2-10,20-21H,1H3,(H,32,35)(H,33,36)(H,34,37)/t20-,21+/m1/s1. The van der Waals surface area contributed by atoms with Gasteiger partial charge in [0, 0.05) is 39.9 Å². The van der Waals surface area contributed by atoms with Gasteiger partial charge in [-0.05, 0) is 60.2 Å². The summed E-state index contributed by atoms with van der Waals surface area (Å²) in [6.45, 7) is 1.39. The van der Waals surface area contributed by atoms with Gasteiger partial charge in [-0.25, -0.2) is 0 Å². The minimum Gasteiger partial charge on any atom is -0.326 e. The molecule has 0 unspecified atom stereocenters. The van der Waals surface area contributed by atoms with E-state index in [0.29, 0.717) is 27.0 Å². The van der Waals surface area contributed by atoms with Crippen LogP contribution in [0.25, 0.3) is 0 Å². The first kappa shape index (κ1) is 27.8. The third kappa shape index (κ3) is 6.28. The van der Waals surface area contributed by atoms with Gasteiger partial charge in [-0.2, -0.15) is 0 Å². The molecule has 1 aliphatic rings. The van der Waals surface area contributed by atoms with Crippen molar-refractivity contribution in [1.82, 2.24) is 0 Å². The van der Waals surface area contributed by atoms with Crippen LogP contribution in [-0.4, -0.2) is 22.1 Å². The number of hydrogen-bond donors (Lipinski definition) is 3. The molecule has 2 atom stereocenters. The Bertz CT molecular complexity index is 1390. The van der Waals surface area contributed by atoms with Crippen molar-refractivity contribution in [3.63, 3.8) is 0 Å². The molecule has 3 aromatic carbocycles. The Hall–Kier alpha value is -2.19. The minimum atomic E-state index is -1.38. The van der Waals surface area contributed by atoms with Gasteiger partial charge in [0.05, 0.1) is 21.5 Å². The van der Waals surface area contributed by atoms with Crippen LogP contribution in [0.1, 0.15) is 28.8 Å². The predicted octanol–water partition coefficient (Wildman–Crippen LogP) is 8.04. The quantitative estimate of drug-likeness (QED) is 0.244. The third-order valence-corrected chi connectivity index (χ3v) is 7.76. The Morgan fingerprint density at radius 3 is 1.89 bits per heavy atom. The second-order valence-electron chi connectivity index (χ2n) is 8.35. The molecule has 0 aliphatic heterocycles. The molecule has 0 bridgehead atoms. The molecule has 0 spiro atoms. The molecule has 3 amide bonds. The number of benzene rings is 3. The zero-order chi connectivity index (χ0) is 27.1. The summed E-state index contributed by atoms with van der Waals surface area (Å²) in [5.41, 5.74) is 1.92. The van der Waals surface area contributed by atoms with E-state index in [-0.39, 0.29) is 27.2 Å². The number of carbonyl (C=O) groups is 3. The molecule has 1 fully saturated rings. The van der Waals surface area contributed by atoms with Gasteiger partial charge in [-0.3, -0.25) is 14.4 Å². The van der Waals surface area contributed by atoms with Crippen molar-refractivity contribution in [2.75, 3.05) is 16.0 Å². The largest absolute Gasteiger partial charge is 0.326 e. The maximum Gasteiger partial charge on any atom is 0.257 e. The summed E-state index contributed by atoms with van der Waals surface area (Å²) < 4.78 is -1.38. The van der Waals surface area contributed by atoms with E-state index in [1.54, 1.807) is 42.5 Å². The minimum absolute atomic E-state index is 0.00827. The van der Waals surface area contributed by atoms with Gasteiger partial charge < -0.3 is 16.0 Å². The lowest BCUT2D eigenvalue weighted by Gasteiger charge is -2.12. The van der Waals surface area contributed by atoms with Gasteiger partial charge in [0.1, 0.15) is 4.33 Å². The second kappa shape index (κ2) is 10.9. The highest BCUT2D eigenvalue weighted by atomic mass is 35.5. The molecule has 12 heteroatoms. The van der Waals surface area contributed by atoms with Gasteiger partial charge in [-0.1, -0.05) is 46.4 Å². The van der Waals surface area contributed by atoms with E-state index in [2.05, 4.69) is 16.0 Å². The van der Waals surface area contributed by atoms with Crippen LogP contribution in [0.15, 0.2) is 54.6 Å². The number of alkyl halides is 2. The molecule has 0 heterocycles. The number of rotatable bonds is 6. The zero-order valence-corrected chi connectivity index (χ0v) is 23.4. The van der Waals surface area contributed by atoms with Crippen molar-refractivity contribution in [2.24, 2.45) is 5.92 Å². The summed E-state index contributed by atoms with van der Waals surface area (Å²) in [5.74, 6) is -2.61. The first-order valence-corrected chi connectivity index (χ1v) is 13.0. The fraction of sp³-hybridized carbons (Fsp3) is 0.160. The highest BCUT2D eigenvalue weighted by Gasteiger charge is 2.67. The molecule has 4 rings (SSSR count). The van der Waals surface area contributed by atoms with Crippen molar-refractivity contribution in [1.29, 1.82) is 0 Å². The van der Waals surface area contributed by atoms with Crippen molar-refractivity contribution in [3.05, 3.63) is 85.8 Å². The molecule has 37 heavy (non-hydrogen) atoms. The molecule has 1 aliphatic carbocycles. The smallest absolute Gasteiger partial charge is 0.257 e. The summed E-state index contributed by atoms with van der Waals surface area (Å²) >= 11 is 37.5. The first-order chi connectivity index (χ1) is 17.4. The van der Waals surface area contributed by atoms with E-state index < -0.39 is 28.0 Å². The van der Waals surface area contributed by atoms with Gasteiger partial charge in [0.25, 0.3) is 5.91 Å². The molecule has 3 aromatic rings. The number of anilines is 3. The van der Waals surface area contributed by atoms with E-state index in [9.17, 15) is 14.4 Å². The third-order valence-electron chi connectivity index (χ3n) is 5.58. The summed E-state index contributed by atoms with van der Waals surface area (Å²) in [5, 5.41) is 8.89. The van der Waals surface area contributed by atoms with E-state index >= 15 is 0 Å². The lowest BCUT2D eigenvalue weighted by Crippen LogP contribution is -2.18. The second-order valence-corrected chi connectivity index (χ2v) is 11.5. The Balaban J connectivity index is 1.51. The average Bonchev–Trinajstić information content (AvgIpc) is 3.38. The number of amides is 3.